The van der Waals surface area contributed by atoms with Crippen LogP contribution in [0.15, 0.2) is 34.9 Å². The maximum absolute atomic E-state index is 12.4. The molecule has 0 saturated carbocycles. The summed E-state index contributed by atoms with van der Waals surface area (Å²) in [5, 5.41) is 7.29. The number of hydrogen-bond acceptors (Lipinski definition) is 4. The first-order valence-corrected chi connectivity index (χ1v) is 8.99. The van der Waals surface area contributed by atoms with Gasteiger partial charge >= 0.3 is 0 Å². The molecule has 2 heterocycles. The van der Waals surface area contributed by atoms with E-state index in [1.807, 2.05) is 25.1 Å². The molecule has 1 saturated heterocycles. The second-order valence-electron chi connectivity index (χ2n) is 7.53. The number of hydrogen-bond donors (Lipinski definition) is 1. The summed E-state index contributed by atoms with van der Waals surface area (Å²) < 4.78 is 5.52. The van der Waals surface area contributed by atoms with Crippen LogP contribution in [0.4, 0.5) is 0 Å². The first kappa shape index (κ1) is 17.7. The topological polar surface area (TPSA) is 58.4 Å². The smallest absolute Gasteiger partial charge is 0.237 e. The lowest BCUT2D eigenvalue weighted by molar-refractivity contribution is -0.131. The van der Waals surface area contributed by atoms with E-state index in [-0.39, 0.29) is 18.0 Å². The van der Waals surface area contributed by atoms with E-state index in [1.165, 1.54) is 5.56 Å². The highest BCUT2D eigenvalue weighted by Gasteiger charge is 2.33. The molecular weight excluding hydrogens is 314 g/mol. The Balaban J connectivity index is 1.75. The number of aromatic nitrogens is 1. The predicted octanol–water partition coefficient (Wildman–Crippen LogP) is 3.39. The number of carbonyl (C=O) groups excluding carboxylic acids is 1. The molecule has 1 aromatic carbocycles. The van der Waals surface area contributed by atoms with Crippen molar-refractivity contribution >= 4 is 5.91 Å². The van der Waals surface area contributed by atoms with Crippen molar-refractivity contribution in [1.82, 2.24) is 15.4 Å². The Morgan fingerprint density at radius 1 is 1.32 bits per heavy atom. The molecule has 1 aliphatic rings. The standard InChI is InChI=1S/C20H27N3O2/c1-13(2)9-18-20(24)21-15(4)11-23(18)12-17-10-19(25-22-17)16-7-5-14(3)6-8-16/h5-8,10,13,15,18H,9,11-12H2,1-4H3,(H,21,24). The third-order valence-electron chi connectivity index (χ3n) is 4.60. The highest BCUT2D eigenvalue weighted by Crippen LogP contribution is 2.23. The van der Waals surface area contributed by atoms with E-state index in [2.05, 4.69) is 48.3 Å². The molecule has 134 valence electrons. The summed E-state index contributed by atoms with van der Waals surface area (Å²) >= 11 is 0. The van der Waals surface area contributed by atoms with Crippen molar-refractivity contribution in [3.8, 4) is 11.3 Å². The van der Waals surface area contributed by atoms with Gasteiger partial charge in [0.15, 0.2) is 5.76 Å². The predicted molar refractivity (Wildman–Crippen MR) is 97.9 cm³/mol. The van der Waals surface area contributed by atoms with E-state index >= 15 is 0 Å². The van der Waals surface area contributed by atoms with E-state index in [9.17, 15) is 4.79 Å². The summed E-state index contributed by atoms with van der Waals surface area (Å²) in [7, 11) is 0. The zero-order valence-electron chi connectivity index (χ0n) is 15.5. The Morgan fingerprint density at radius 3 is 2.72 bits per heavy atom. The van der Waals surface area contributed by atoms with Gasteiger partial charge in [-0.25, -0.2) is 0 Å². The van der Waals surface area contributed by atoms with Gasteiger partial charge in [0, 0.05) is 30.8 Å². The molecule has 25 heavy (non-hydrogen) atoms. The van der Waals surface area contributed by atoms with Gasteiger partial charge < -0.3 is 9.84 Å². The molecule has 1 aromatic heterocycles. The van der Waals surface area contributed by atoms with Crippen LogP contribution in [0.5, 0.6) is 0 Å². The molecule has 2 aromatic rings. The van der Waals surface area contributed by atoms with Gasteiger partial charge in [-0.05, 0) is 26.2 Å². The molecule has 3 rings (SSSR count). The van der Waals surface area contributed by atoms with E-state index in [4.69, 9.17) is 4.52 Å². The van der Waals surface area contributed by atoms with Gasteiger partial charge in [0.2, 0.25) is 5.91 Å². The summed E-state index contributed by atoms with van der Waals surface area (Å²) in [6, 6.07) is 10.2. The normalized spacial score (nSPS) is 21.6. The van der Waals surface area contributed by atoms with Gasteiger partial charge in [0.1, 0.15) is 0 Å². The van der Waals surface area contributed by atoms with Crippen molar-refractivity contribution in [3.63, 3.8) is 0 Å². The number of aryl methyl sites for hydroxylation is 1. The summed E-state index contributed by atoms with van der Waals surface area (Å²) in [6.45, 7) is 9.86. The minimum Gasteiger partial charge on any atom is -0.356 e. The van der Waals surface area contributed by atoms with Crippen LogP contribution >= 0.6 is 0 Å². The molecule has 1 amide bonds. The Morgan fingerprint density at radius 2 is 2.04 bits per heavy atom. The Kier molecular flexibility index (Phi) is 5.23. The Hall–Kier alpha value is -2.14. The lowest BCUT2D eigenvalue weighted by Crippen LogP contribution is -2.59. The number of nitrogens with one attached hydrogen (secondary N) is 1. The lowest BCUT2D eigenvalue weighted by atomic mass is 9.98. The number of rotatable bonds is 5. The molecular formula is C20H27N3O2. The van der Waals surface area contributed by atoms with Crippen LogP contribution in [0, 0.1) is 12.8 Å². The number of carbonyl (C=O) groups is 1. The first-order valence-electron chi connectivity index (χ1n) is 8.99. The van der Waals surface area contributed by atoms with Gasteiger partial charge in [-0.1, -0.05) is 48.8 Å². The maximum Gasteiger partial charge on any atom is 0.237 e. The second kappa shape index (κ2) is 7.40. The zero-order valence-corrected chi connectivity index (χ0v) is 15.5. The van der Waals surface area contributed by atoms with Crippen LogP contribution in [0.2, 0.25) is 0 Å². The molecule has 5 heteroatoms. The SMILES string of the molecule is Cc1ccc(-c2cc(CN3CC(C)NC(=O)C3CC(C)C)no2)cc1. The monoisotopic (exact) mass is 341 g/mol. The van der Waals surface area contributed by atoms with Crippen LogP contribution < -0.4 is 5.32 Å². The minimum atomic E-state index is -0.101. The van der Waals surface area contributed by atoms with Gasteiger partial charge in [-0.15, -0.1) is 0 Å². The largest absolute Gasteiger partial charge is 0.356 e. The maximum atomic E-state index is 12.4. The van der Waals surface area contributed by atoms with Gasteiger partial charge in [-0.2, -0.15) is 0 Å². The third-order valence-corrected chi connectivity index (χ3v) is 4.60. The highest BCUT2D eigenvalue weighted by atomic mass is 16.5. The number of amides is 1. The molecule has 0 bridgehead atoms. The Bertz CT molecular complexity index is 721. The molecule has 2 atom stereocenters. The number of nitrogens with zero attached hydrogens (tertiary/aromatic N) is 2. The number of piperazine rings is 1. The average Bonchev–Trinajstić information content (AvgIpc) is 2.99. The molecule has 5 nitrogen and oxygen atoms in total. The Labute approximate surface area is 149 Å². The van der Waals surface area contributed by atoms with Gasteiger partial charge in [-0.3, -0.25) is 9.69 Å². The molecule has 1 fully saturated rings. The number of benzene rings is 1. The van der Waals surface area contributed by atoms with Crippen molar-refractivity contribution in [3.05, 3.63) is 41.6 Å². The molecule has 0 spiro atoms. The first-order chi connectivity index (χ1) is 11.9. The lowest BCUT2D eigenvalue weighted by Gasteiger charge is -2.38. The van der Waals surface area contributed by atoms with Gasteiger partial charge in [0.05, 0.1) is 11.7 Å². The molecule has 0 aliphatic carbocycles. The van der Waals surface area contributed by atoms with E-state index in [0.29, 0.717) is 12.5 Å². The molecule has 2 unspecified atom stereocenters. The summed E-state index contributed by atoms with van der Waals surface area (Å²) in [5.74, 6) is 1.35. The molecule has 1 aliphatic heterocycles. The van der Waals surface area contributed by atoms with Crippen molar-refractivity contribution in [1.29, 1.82) is 0 Å². The fourth-order valence-electron chi connectivity index (χ4n) is 3.36. The summed E-state index contributed by atoms with van der Waals surface area (Å²) in [5.41, 5.74) is 3.10. The quantitative estimate of drug-likeness (QED) is 0.906. The van der Waals surface area contributed by atoms with Crippen molar-refractivity contribution < 1.29 is 9.32 Å². The fraction of sp³-hybridized carbons (Fsp3) is 0.500. The van der Waals surface area contributed by atoms with Crippen molar-refractivity contribution in [2.75, 3.05) is 6.54 Å². The molecule has 0 radical (unpaired) electrons. The van der Waals surface area contributed by atoms with Crippen molar-refractivity contribution in [2.24, 2.45) is 5.92 Å². The van der Waals surface area contributed by atoms with E-state index < -0.39 is 0 Å². The fourth-order valence-corrected chi connectivity index (χ4v) is 3.36. The van der Waals surface area contributed by atoms with Crippen LogP contribution in [0.25, 0.3) is 11.3 Å². The van der Waals surface area contributed by atoms with E-state index in [1.54, 1.807) is 0 Å². The third kappa shape index (κ3) is 4.28. The van der Waals surface area contributed by atoms with Crippen LogP contribution in [-0.4, -0.2) is 34.6 Å². The summed E-state index contributed by atoms with van der Waals surface area (Å²) in [4.78, 5) is 14.6. The van der Waals surface area contributed by atoms with Gasteiger partial charge in [0.25, 0.3) is 0 Å². The highest BCUT2D eigenvalue weighted by molar-refractivity contribution is 5.82. The van der Waals surface area contributed by atoms with Crippen LogP contribution in [0.3, 0.4) is 0 Å². The summed E-state index contributed by atoms with van der Waals surface area (Å²) in [6.07, 6.45) is 0.848. The zero-order chi connectivity index (χ0) is 18.0. The molecule has 1 N–H and O–H groups in total. The van der Waals surface area contributed by atoms with E-state index in [0.717, 1.165) is 30.0 Å². The van der Waals surface area contributed by atoms with Crippen molar-refractivity contribution in [2.45, 2.75) is 52.7 Å². The minimum absolute atomic E-state index is 0.101. The second-order valence-corrected chi connectivity index (χ2v) is 7.53. The average molecular weight is 341 g/mol. The van der Waals surface area contributed by atoms with Crippen LogP contribution in [0.1, 0.15) is 38.4 Å². The van der Waals surface area contributed by atoms with Crippen LogP contribution in [-0.2, 0) is 11.3 Å².